The van der Waals surface area contributed by atoms with Crippen LogP contribution in [0.25, 0.3) is 0 Å². The summed E-state index contributed by atoms with van der Waals surface area (Å²) in [4.78, 5) is 23.1. The predicted octanol–water partition coefficient (Wildman–Crippen LogP) is 2.26. The number of aliphatic carboxylic acids is 1. The number of hydrogen-bond acceptors (Lipinski definition) is 5. The number of hydrogen-bond donors (Lipinski definition) is 2. The van der Waals surface area contributed by atoms with E-state index in [1.54, 1.807) is 20.8 Å². The van der Waals surface area contributed by atoms with E-state index in [9.17, 15) is 9.59 Å². The Bertz CT molecular complexity index is 499. The van der Waals surface area contributed by atoms with Gasteiger partial charge in [0.1, 0.15) is 5.60 Å². The summed E-state index contributed by atoms with van der Waals surface area (Å²) in [5.41, 5.74) is 6.32. The van der Waals surface area contributed by atoms with Crippen LogP contribution in [0, 0.1) is 0 Å². The first-order valence-corrected chi connectivity index (χ1v) is 8.19. The van der Waals surface area contributed by atoms with Crippen molar-refractivity contribution >= 4 is 23.7 Å². The standard InChI is InChI=1S/C16H23NO4S/c1-16(2,3)21-15(20)14(11-7-5-4-6-8-11)12(17)9-22-10-13(18)19/h4-8,12,14H,9-10,17H2,1-3H3,(H,18,19). The second kappa shape index (κ2) is 8.19. The van der Waals surface area contributed by atoms with Gasteiger partial charge in [-0.25, -0.2) is 0 Å². The average Bonchev–Trinajstić information content (AvgIpc) is 2.37. The molecule has 5 nitrogen and oxygen atoms in total. The number of carbonyl (C=O) groups is 2. The smallest absolute Gasteiger partial charge is 0.315 e. The Morgan fingerprint density at radius 2 is 1.86 bits per heavy atom. The highest BCUT2D eigenvalue weighted by molar-refractivity contribution is 7.99. The molecule has 0 amide bonds. The van der Waals surface area contributed by atoms with Gasteiger partial charge in [0.15, 0.2) is 0 Å². The van der Waals surface area contributed by atoms with Gasteiger partial charge in [0.25, 0.3) is 0 Å². The lowest BCUT2D eigenvalue weighted by Crippen LogP contribution is -2.39. The molecule has 0 aliphatic heterocycles. The van der Waals surface area contributed by atoms with Gasteiger partial charge < -0.3 is 15.6 Å². The summed E-state index contributed by atoms with van der Waals surface area (Å²) < 4.78 is 5.46. The van der Waals surface area contributed by atoms with E-state index in [4.69, 9.17) is 15.6 Å². The first-order chi connectivity index (χ1) is 10.2. The summed E-state index contributed by atoms with van der Waals surface area (Å²) in [5, 5.41) is 8.69. The molecule has 3 N–H and O–H groups in total. The molecule has 0 aliphatic rings. The molecule has 2 atom stereocenters. The van der Waals surface area contributed by atoms with E-state index >= 15 is 0 Å². The quantitative estimate of drug-likeness (QED) is 0.747. The van der Waals surface area contributed by atoms with Crippen molar-refractivity contribution in [1.82, 2.24) is 0 Å². The van der Waals surface area contributed by atoms with Gasteiger partial charge in [-0.1, -0.05) is 30.3 Å². The predicted molar refractivity (Wildman–Crippen MR) is 88.0 cm³/mol. The molecule has 2 unspecified atom stereocenters. The summed E-state index contributed by atoms with van der Waals surface area (Å²) in [6, 6.07) is 8.68. The first kappa shape index (κ1) is 18.5. The first-order valence-electron chi connectivity index (χ1n) is 7.03. The highest BCUT2D eigenvalue weighted by atomic mass is 32.2. The van der Waals surface area contributed by atoms with Crippen molar-refractivity contribution in [1.29, 1.82) is 0 Å². The van der Waals surface area contributed by atoms with Crippen molar-refractivity contribution < 1.29 is 19.4 Å². The van der Waals surface area contributed by atoms with E-state index in [1.807, 2.05) is 30.3 Å². The number of nitrogens with two attached hydrogens (primary N) is 1. The van der Waals surface area contributed by atoms with Gasteiger partial charge in [-0.2, -0.15) is 0 Å². The van der Waals surface area contributed by atoms with Gasteiger partial charge in [-0.3, -0.25) is 9.59 Å². The Balaban J connectivity index is 2.87. The fourth-order valence-electron chi connectivity index (χ4n) is 1.96. The van der Waals surface area contributed by atoms with Crippen molar-refractivity contribution in [3.63, 3.8) is 0 Å². The minimum absolute atomic E-state index is 0.0382. The molecule has 0 aromatic heterocycles. The lowest BCUT2D eigenvalue weighted by molar-refractivity contribution is -0.157. The highest BCUT2D eigenvalue weighted by Gasteiger charge is 2.31. The fourth-order valence-corrected chi connectivity index (χ4v) is 2.72. The van der Waals surface area contributed by atoms with Gasteiger partial charge in [-0.15, -0.1) is 11.8 Å². The van der Waals surface area contributed by atoms with Crippen molar-refractivity contribution in [2.24, 2.45) is 5.73 Å². The maximum atomic E-state index is 12.5. The van der Waals surface area contributed by atoms with E-state index in [2.05, 4.69) is 0 Å². The van der Waals surface area contributed by atoms with E-state index in [-0.39, 0.29) is 11.7 Å². The summed E-state index contributed by atoms with van der Waals surface area (Å²) >= 11 is 1.20. The van der Waals surface area contributed by atoms with Gasteiger partial charge in [0.2, 0.25) is 0 Å². The molecule has 0 spiro atoms. The monoisotopic (exact) mass is 325 g/mol. The molecule has 1 aromatic carbocycles. The van der Waals surface area contributed by atoms with E-state index in [0.29, 0.717) is 5.75 Å². The molecule has 6 heteroatoms. The van der Waals surface area contributed by atoms with Crippen LogP contribution in [-0.4, -0.2) is 40.2 Å². The zero-order valence-electron chi connectivity index (χ0n) is 13.1. The van der Waals surface area contributed by atoms with Crippen LogP contribution in [0.4, 0.5) is 0 Å². The summed E-state index contributed by atoms with van der Waals surface area (Å²) in [6.07, 6.45) is 0. The van der Waals surface area contributed by atoms with Crippen LogP contribution in [0.2, 0.25) is 0 Å². The minimum atomic E-state index is -0.897. The van der Waals surface area contributed by atoms with E-state index < -0.39 is 23.5 Å². The Labute approximate surface area is 135 Å². The highest BCUT2D eigenvalue weighted by Crippen LogP contribution is 2.25. The van der Waals surface area contributed by atoms with Crippen LogP contribution < -0.4 is 5.73 Å². The van der Waals surface area contributed by atoms with Crippen molar-refractivity contribution in [2.45, 2.75) is 38.3 Å². The third-order valence-electron chi connectivity index (χ3n) is 2.78. The molecule has 0 aliphatic carbocycles. The van der Waals surface area contributed by atoms with Crippen LogP contribution in [0.1, 0.15) is 32.3 Å². The number of carboxylic acid groups (broad SMARTS) is 1. The van der Waals surface area contributed by atoms with Crippen LogP contribution in [0.3, 0.4) is 0 Å². The molecule has 0 radical (unpaired) electrons. The molecule has 0 saturated heterocycles. The number of ether oxygens (including phenoxy) is 1. The van der Waals surface area contributed by atoms with Crippen molar-refractivity contribution in [2.75, 3.05) is 11.5 Å². The minimum Gasteiger partial charge on any atom is -0.481 e. The number of esters is 1. The maximum absolute atomic E-state index is 12.5. The van der Waals surface area contributed by atoms with Crippen molar-refractivity contribution in [3.05, 3.63) is 35.9 Å². The molecule has 1 aromatic rings. The van der Waals surface area contributed by atoms with Gasteiger partial charge in [-0.05, 0) is 26.3 Å². The van der Waals surface area contributed by atoms with Gasteiger partial charge in [0, 0.05) is 11.8 Å². The Morgan fingerprint density at radius 3 is 2.36 bits per heavy atom. The van der Waals surface area contributed by atoms with Gasteiger partial charge >= 0.3 is 11.9 Å². The zero-order valence-corrected chi connectivity index (χ0v) is 13.9. The Hall–Kier alpha value is -1.53. The van der Waals surface area contributed by atoms with Crippen LogP contribution in [0.5, 0.6) is 0 Å². The number of thioether (sulfide) groups is 1. The average molecular weight is 325 g/mol. The molecule has 1 rings (SSSR count). The fraction of sp³-hybridized carbons (Fsp3) is 0.500. The third kappa shape index (κ3) is 6.49. The molecule has 0 fully saturated rings. The number of benzene rings is 1. The van der Waals surface area contributed by atoms with Crippen LogP contribution in [0.15, 0.2) is 30.3 Å². The molecular formula is C16H23NO4S. The third-order valence-corrected chi connectivity index (χ3v) is 3.86. The molecule has 0 heterocycles. The summed E-state index contributed by atoms with van der Waals surface area (Å²) in [6.45, 7) is 5.41. The number of carboxylic acids is 1. The van der Waals surface area contributed by atoms with Crippen LogP contribution in [-0.2, 0) is 14.3 Å². The van der Waals surface area contributed by atoms with E-state index in [0.717, 1.165) is 5.56 Å². The van der Waals surface area contributed by atoms with E-state index in [1.165, 1.54) is 11.8 Å². The van der Waals surface area contributed by atoms with Crippen LogP contribution >= 0.6 is 11.8 Å². The number of carbonyl (C=O) groups excluding carboxylic acids is 1. The number of rotatable bonds is 7. The molecule has 122 valence electrons. The second-order valence-corrected chi connectivity index (χ2v) is 7.02. The second-order valence-electron chi connectivity index (χ2n) is 5.99. The maximum Gasteiger partial charge on any atom is 0.315 e. The Kier molecular flexibility index (Phi) is 6.90. The summed E-state index contributed by atoms with van der Waals surface area (Å²) in [5.74, 6) is -1.57. The Morgan fingerprint density at radius 1 is 1.27 bits per heavy atom. The normalized spacial score (nSPS) is 14.2. The summed E-state index contributed by atoms with van der Waals surface area (Å²) in [7, 11) is 0. The zero-order chi connectivity index (χ0) is 16.8. The van der Waals surface area contributed by atoms with Gasteiger partial charge in [0.05, 0.1) is 11.7 Å². The SMILES string of the molecule is CC(C)(C)OC(=O)C(c1ccccc1)C(N)CSCC(=O)O. The lowest BCUT2D eigenvalue weighted by atomic mass is 9.92. The van der Waals surface area contributed by atoms with Crippen molar-refractivity contribution in [3.8, 4) is 0 Å². The largest absolute Gasteiger partial charge is 0.481 e. The molecule has 22 heavy (non-hydrogen) atoms. The molecule has 0 bridgehead atoms. The lowest BCUT2D eigenvalue weighted by Gasteiger charge is -2.27. The molecule has 0 saturated carbocycles. The topological polar surface area (TPSA) is 89.6 Å². The molecular weight excluding hydrogens is 302 g/mol.